The highest BCUT2D eigenvalue weighted by molar-refractivity contribution is 5.76. The zero-order valence-corrected chi connectivity index (χ0v) is 11.0. The number of piperidine rings is 1. The van der Waals surface area contributed by atoms with Crippen molar-refractivity contribution in [2.75, 3.05) is 26.2 Å². The van der Waals surface area contributed by atoms with Gasteiger partial charge in [-0.3, -0.25) is 4.79 Å². The molecule has 1 rings (SSSR count). The van der Waals surface area contributed by atoms with Gasteiger partial charge in [-0.05, 0) is 26.7 Å². The minimum Gasteiger partial charge on any atom is -0.481 e. The first kappa shape index (κ1) is 14.8. The van der Waals surface area contributed by atoms with E-state index in [-0.39, 0.29) is 12.1 Å². The molecule has 0 unspecified atom stereocenters. The first-order valence-electron chi connectivity index (χ1n) is 6.38. The number of carbonyl (C=O) groups excluding carboxylic acids is 1. The SMILES string of the molecule is CC(C)OCCNC(=O)N1CCC[C@@H](C(=O)O)C1. The number of hydrogen-bond acceptors (Lipinski definition) is 3. The number of carboxylic acids is 1. The summed E-state index contributed by atoms with van der Waals surface area (Å²) in [7, 11) is 0. The van der Waals surface area contributed by atoms with Crippen LogP contribution in [0.4, 0.5) is 4.79 Å². The van der Waals surface area contributed by atoms with E-state index in [1.807, 2.05) is 13.8 Å². The molecule has 6 nitrogen and oxygen atoms in total. The van der Waals surface area contributed by atoms with E-state index in [0.717, 1.165) is 6.42 Å². The molecule has 104 valence electrons. The molecule has 0 bridgehead atoms. The van der Waals surface area contributed by atoms with Gasteiger partial charge in [0.2, 0.25) is 0 Å². The molecule has 1 aliphatic rings. The predicted octanol–water partition coefficient (Wildman–Crippen LogP) is 0.918. The fraction of sp³-hybridized carbons (Fsp3) is 0.833. The third kappa shape index (κ3) is 4.91. The van der Waals surface area contributed by atoms with Crippen molar-refractivity contribution in [3.8, 4) is 0 Å². The van der Waals surface area contributed by atoms with Gasteiger partial charge in [0.05, 0.1) is 18.6 Å². The summed E-state index contributed by atoms with van der Waals surface area (Å²) >= 11 is 0. The van der Waals surface area contributed by atoms with Crippen LogP contribution in [0.2, 0.25) is 0 Å². The van der Waals surface area contributed by atoms with Crippen LogP contribution in [-0.4, -0.2) is 54.4 Å². The molecule has 1 atom stereocenters. The highest BCUT2D eigenvalue weighted by Gasteiger charge is 2.27. The number of urea groups is 1. The van der Waals surface area contributed by atoms with Gasteiger partial charge >= 0.3 is 12.0 Å². The Morgan fingerprint density at radius 1 is 1.50 bits per heavy atom. The van der Waals surface area contributed by atoms with Gasteiger partial charge in [0.15, 0.2) is 0 Å². The average molecular weight is 258 g/mol. The molecular formula is C12H22N2O4. The minimum absolute atomic E-state index is 0.147. The van der Waals surface area contributed by atoms with E-state index < -0.39 is 11.9 Å². The molecule has 0 spiro atoms. The summed E-state index contributed by atoms with van der Waals surface area (Å²) in [5, 5.41) is 11.7. The summed E-state index contributed by atoms with van der Waals surface area (Å²) in [5.74, 6) is -1.26. The first-order chi connectivity index (χ1) is 8.50. The molecule has 2 N–H and O–H groups in total. The molecule has 2 amide bonds. The normalized spacial score (nSPS) is 19.9. The predicted molar refractivity (Wildman–Crippen MR) is 66.4 cm³/mol. The van der Waals surface area contributed by atoms with Crippen molar-refractivity contribution in [3.05, 3.63) is 0 Å². The Morgan fingerprint density at radius 3 is 2.83 bits per heavy atom. The van der Waals surface area contributed by atoms with Crippen molar-refractivity contribution in [1.29, 1.82) is 0 Å². The van der Waals surface area contributed by atoms with Crippen molar-refractivity contribution in [2.24, 2.45) is 5.92 Å². The number of carbonyl (C=O) groups is 2. The van der Waals surface area contributed by atoms with Gasteiger partial charge in [0.25, 0.3) is 0 Å². The third-order valence-corrected chi connectivity index (χ3v) is 2.89. The van der Waals surface area contributed by atoms with Crippen molar-refractivity contribution in [2.45, 2.75) is 32.8 Å². The Morgan fingerprint density at radius 2 is 2.22 bits per heavy atom. The summed E-state index contributed by atoms with van der Waals surface area (Å²) in [6.45, 7) is 5.71. The zero-order valence-electron chi connectivity index (χ0n) is 11.0. The van der Waals surface area contributed by atoms with Gasteiger partial charge in [0, 0.05) is 19.6 Å². The summed E-state index contributed by atoms with van der Waals surface area (Å²) in [6.07, 6.45) is 1.54. The molecule has 0 aromatic heterocycles. The second-order valence-electron chi connectivity index (χ2n) is 4.77. The van der Waals surface area contributed by atoms with Crippen LogP contribution in [0.1, 0.15) is 26.7 Å². The Hall–Kier alpha value is -1.30. The van der Waals surface area contributed by atoms with Gasteiger partial charge in [0.1, 0.15) is 0 Å². The fourth-order valence-electron chi connectivity index (χ4n) is 1.93. The lowest BCUT2D eigenvalue weighted by Gasteiger charge is -2.30. The number of ether oxygens (including phenoxy) is 1. The second-order valence-corrected chi connectivity index (χ2v) is 4.77. The number of hydrogen-bond donors (Lipinski definition) is 2. The second kappa shape index (κ2) is 7.20. The number of amides is 2. The van der Waals surface area contributed by atoms with Gasteiger partial charge in [-0.25, -0.2) is 4.79 Å². The zero-order chi connectivity index (χ0) is 13.5. The Labute approximate surface area is 107 Å². The quantitative estimate of drug-likeness (QED) is 0.719. The smallest absolute Gasteiger partial charge is 0.317 e. The van der Waals surface area contributed by atoms with Gasteiger partial charge < -0.3 is 20.1 Å². The van der Waals surface area contributed by atoms with Crippen LogP contribution >= 0.6 is 0 Å². The molecule has 0 saturated carbocycles. The number of likely N-dealkylation sites (tertiary alicyclic amines) is 1. The largest absolute Gasteiger partial charge is 0.481 e. The molecule has 1 heterocycles. The number of rotatable bonds is 5. The monoisotopic (exact) mass is 258 g/mol. The third-order valence-electron chi connectivity index (χ3n) is 2.89. The molecule has 1 fully saturated rings. The van der Waals surface area contributed by atoms with Crippen molar-refractivity contribution < 1.29 is 19.4 Å². The van der Waals surface area contributed by atoms with Crippen LogP contribution in [0, 0.1) is 5.92 Å². The molecule has 0 aromatic rings. The van der Waals surface area contributed by atoms with Crippen LogP contribution in [0.3, 0.4) is 0 Å². The summed E-state index contributed by atoms with van der Waals surface area (Å²) in [4.78, 5) is 24.2. The van der Waals surface area contributed by atoms with E-state index in [1.54, 1.807) is 4.90 Å². The lowest BCUT2D eigenvalue weighted by atomic mass is 9.99. The molecule has 6 heteroatoms. The van der Waals surface area contributed by atoms with Crippen molar-refractivity contribution in [3.63, 3.8) is 0 Å². The first-order valence-corrected chi connectivity index (χ1v) is 6.38. The molecule has 0 aliphatic carbocycles. The van der Waals surface area contributed by atoms with Crippen molar-refractivity contribution in [1.82, 2.24) is 10.2 Å². The molecule has 18 heavy (non-hydrogen) atoms. The van der Waals surface area contributed by atoms with Crippen LogP contribution < -0.4 is 5.32 Å². The van der Waals surface area contributed by atoms with E-state index in [1.165, 1.54) is 0 Å². The number of aliphatic carboxylic acids is 1. The van der Waals surface area contributed by atoms with E-state index in [2.05, 4.69) is 5.32 Å². The van der Waals surface area contributed by atoms with Crippen molar-refractivity contribution >= 4 is 12.0 Å². The molecular weight excluding hydrogens is 236 g/mol. The van der Waals surface area contributed by atoms with E-state index in [4.69, 9.17) is 9.84 Å². The molecule has 0 radical (unpaired) electrons. The standard InChI is InChI=1S/C12H22N2O4/c1-9(2)18-7-5-13-12(17)14-6-3-4-10(8-14)11(15)16/h9-10H,3-8H2,1-2H3,(H,13,17)(H,15,16)/t10-/m1/s1. The minimum atomic E-state index is -0.823. The van der Waals surface area contributed by atoms with Crippen LogP contribution in [-0.2, 0) is 9.53 Å². The molecule has 0 aromatic carbocycles. The Bertz CT molecular complexity index is 294. The van der Waals surface area contributed by atoms with Gasteiger partial charge in [-0.2, -0.15) is 0 Å². The molecule has 1 aliphatic heterocycles. The number of carboxylic acid groups (broad SMARTS) is 1. The Kier molecular flexibility index (Phi) is 5.91. The Balaban J connectivity index is 2.26. The fourth-order valence-corrected chi connectivity index (χ4v) is 1.93. The van der Waals surface area contributed by atoms with E-state index in [9.17, 15) is 9.59 Å². The summed E-state index contributed by atoms with van der Waals surface area (Å²) in [5.41, 5.74) is 0. The van der Waals surface area contributed by atoms with Gasteiger partial charge in [-0.1, -0.05) is 0 Å². The maximum atomic E-state index is 11.8. The number of nitrogens with zero attached hydrogens (tertiary/aromatic N) is 1. The van der Waals surface area contributed by atoms with Crippen LogP contribution in [0.5, 0.6) is 0 Å². The van der Waals surface area contributed by atoms with E-state index in [0.29, 0.717) is 32.7 Å². The topological polar surface area (TPSA) is 78.9 Å². The number of nitrogens with one attached hydrogen (secondary N) is 1. The maximum absolute atomic E-state index is 11.8. The molecule has 1 saturated heterocycles. The highest BCUT2D eigenvalue weighted by atomic mass is 16.5. The van der Waals surface area contributed by atoms with Gasteiger partial charge in [-0.15, -0.1) is 0 Å². The van der Waals surface area contributed by atoms with E-state index >= 15 is 0 Å². The lowest BCUT2D eigenvalue weighted by Crippen LogP contribution is -2.47. The maximum Gasteiger partial charge on any atom is 0.317 e. The summed E-state index contributed by atoms with van der Waals surface area (Å²) in [6, 6.07) is -0.201. The summed E-state index contributed by atoms with van der Waals surface area (Å²) < 4.78 is 5.31. The average Bonchev–Trinajstić information content (AvgIpc) is 2.34. The van der Waals surface area contributed by atoms with Crippen LogP contribution in [0.15, 0.2) is 0 Å². The highest BCUT2D eigenvalue weighted by Crippen LogP contribution is 2.16. The van der Waals surface area contributed by atoms with Crippen LogP contribution in [0.25, 0.3) is 0 Å². The lowest BCUT2D eigenvalue weighted by molar-refractivity contribution is -0.143.